The Bertz CT molecular complexity index is 567. The van der Waals surface area contributed by atoms with E-state index < -0.39 is 0 Å². The molecule has 1 heterocycles. The van der Waals surface area contributed by atoms with Gasteiger partial charge < -0.3 is 5.32 Å². The van der Waals surface area contributed by atoms with E-state index >= 15 is 0 Å². The van der Waals surface area contributed by atoms with Crippen LogP contribution in [0.5, 0.6) is 0 Å². The zero-order chi connectivity index (χ0) is 15.4. The van der Waals surface area contributed by atoms with Crippen LogP contribution in [0.25, 0.3) is 0 Å². The number of nitrogens with zero attached hydrogens (tertiary/aromatic N) is 1. The molecule has 112 valence electrons. The van der Waals surface area contributed by atoms with Gasteiger partial charge in [-0.15, -0.1) is 0 Å². The Kier molecular flexibility index (Phi) is 5.01. The SMILES string of the molecule is CCC1CC(=O)NN=C1c1ccc(NC(=O)C(C)S)cc1. The highest BCUT2D eigenvalue weighted by Crippen LogP contribution is 2.21. The zero-order valence-electron chi connectivity index (χ0n) is 12.1. The fourth-order valence-corrected chi connectivity index (χ4v) is 2.25. The summed E-state index contributed by atoms with van der Waals surface area (Å²) in [6, 6.07) is 7.46. The molecule has 0 bridgehead atoms. The van der Waals surface area contributed by atoms with Crippen LogP contribution in [0, 0.1) is 5.92 Å². The zero-order valence-corrected chi connectivity index (χ0v) is 13.0. The molecule has 0 aromatic heterocycles. The number of carbonyl (C=O) groups excluding carboxylic acids is 2. The van der Waals surface area contributed by atoms with E-state index in [1.807, 2.05) is 31.2 Å². The minimum Gasteiger partial charge on any atom is -0.325 e. The number of nitrogens with one attached hydrogen (secondary N) is 2. The number of rotatable bonds is 4. The van der Waals surface area contributed by atoms with Gasteiger partial charge in [-0.1, -0.05) is 19.1 Å². The molecule has 2 N–H and O–H groups in total. The predicted octanol–water partition coefficient (Wildman–Crippen LogP) is 2.19. The average molecular weight is 305 g/mol. The first-order valence-electron chi connectivity index (χ1n) is 6.97. The topological polar surface area (TPSA) is 70.6 Å². The summed E-state index contributed by atoms with van der Waals surface area (Å²) in [5.74, 6) is -0.0475. The van der Waals surface area contributed by atoms with Gasteiger partial charge in [0, 0.05) is 18.0 Å². The number of hydrogen-bond donors (Lipinski definition) is 3. The highest BCUT2D eigenvalue weighted by Gasteiger charge is 2.23. The Morgan fingerprint density at radius 2 is 2.14 bits per heavy atom. The first kappa shape index (κ1) is 15.6. The lowest BCUT2D eigenvalue weighted by Crippen LogP contribution is -2.33. The van der Waals surface area contributed by atoms with Crippen LogP contribution in [0.15, 0.2) is 29.4 Å². The number of thiol groups is 1. The van der Waals surface area contributed by atoms with Crippen LogP contribution in [-0.2, 0) is 9.59 Å². The molecule has 21 heavy (non-hydrogen) atoms. The molecule has 2 rings (SSSR count). The van der Waals surface area contributed by atoms with Gasteiger partial charge in [-0.2, -0.15) is 17.7 Å². The fraction of sp³-hybridized carbons (Fsp3) is 0.400. The van der Waals surface area contributed by atoms with E-state index in [1.165, 1.54) is 0 Å². The summed E-state index contributed by atoms with van der Waals surface area (Å²) in [5, 5.41) is 6.59. The van der Waals surface area contributed by atoms with Crippen molar-refractivity contribution in [1.29, 1.82) is 0 Å². The lowest BCUT2D eigenvalue weighted by atomic mass is 9.90. The highest BCUT2D eigenvalue weighted by molar-refractivity contribution is 7.81. The monoisotopic (exact) mass is 305 g/mol. The average Bonchev–Trinajstić information content (AvgIpc) is 2.48. The van der Waals surface area contributed by atoms with Crippen molar-refractivity contribution in [1.82, 2.24) is 5.43 Å². The molecule has 0 fully saturated rings. The molecule has 0 spiro atoms. The third-order valence-electron chi connectivity index (χ3n) is 3.44. The van der Waals surface area contributed by atoms with Crippen molar-refractivity contribution in [3.8, 4) is 0 Å². The normalized spacial score (nSPS) is 19.5. The summed E-state index contributed by atoms with van der Waals surface area (Å²) in [5.41, 5.74) is 5.09. The van der Waals surface area contributed by atoms with Gasteiger partial charge in [0.05, 0.1) is 11.0 Å². The van der Waals surface area contributed by atoms with E-state index in [0.717, 1.165) is 23.4 Å². The number of benzene rings is 1. The Morgan fingerprint density at radius 1 is 1.48 bits per heavy atom. The van der Waals surface area contributed by atoms with Gasteiger partial charge in [0.25, 0.3) is 0 Å². The predicted molar refractivity (Wildman–Crippen MR) is 86.6 cm³/mol. The van der Waals surface area contributed by atoms with Crippen molar-refractivity contribution < 1.29 is 9.59 Å². The minimum atomic E-state index is -0.355. The van der Waals surface area contributed by atoms with Crippen LogP contribution >= 0.6 is 12.6 Å². The molecule has 2 unspecified atom stereocenters. The van der Waals surface area contributed by atoms with Crippen molar-refractivity contribution in [3.63, 3.8) is 0 Å². The number of hydrogen-bond acceptors (Lipinski definition) is 4. The molecule has 1 aromatic carbocycles. The van der Waals surface area contributed by atoms with Gasteiger partial charge in [-0.25, -0.2) is 5.43 Å². The van der Waals surface area contributed by atoms with Gasteiger partial charge in [-0.3, -0.25) is 9.59 Å². The molecule has 6 heteroatoms. The standard InChI is InChI=1S/C15H19N3O2S/c1-3-10-8-13(19)17-18-14(10)11-4-6-12(7-5-11)16-15(20)9(2)21/h4-7,9-10,21H,3,8H2,1-2H3,(H,16,20)(H,17,19). The molecule has 2 amide bonds. The van der Waals surface area contributed by atoms with Crippen molar-refractivity contribution >= 4 is 35.8 Å². The second-order valence-electron chi connectivity index (χ2n) is 5.08. The molecule has 5 nitrogen and oxygen atoms in total. The number of hydrazone groups is 1. The maximum Gasteiger partial charge on any atom is 0.240 e. The van der Waals surface area contributed by atoms with E-state index in [0.29, 0.717) is 6.42 Å². The summed E-state index contributed by atoms with van der Waals surface area (Å²) in [7, 11) is 0. The Labute approximate surface area is 129 Å². The quantitative estimate of drug-likeness (QED) is 0.746. The van der Waals surface area contributed by atoms with E-state index in [9.17, 15) is 9.59 Å². The van der Waals surface area contributed by atoms with E-state index in [2.05, 4.69) is 28.5 Å². The molecule has 1 aliphatic heterocycles. The van der Waals surface area contributed by atoms with E-state index in [-0.39, 0.29) is 23.0 Å². The summed E-state index contributed by atoms with van der Waals surface area (Å²) < 4.78 is 0. The van der Waals surface area contributed by atoms with Crippen LogP contribution in [0.3, 0.4) is 0 Å². The molecule has 2 atom stereocenters. The van der Waals surface area contributed by atoms with Gasteiger partial charge in [0.2, 0.25) is 11.8 Å². The van der Waals surface area contributed by atoms with E-state index in [1.54, 1.807) is 6.92 Å². The molecular formula is C15H19N3O2S. The minimum absolute atomic E-state index is 0.0442. The maximum absolute atomic E-state index is 11.6. The van der Waals surface area contributed by atoms with Crippen molar-refractivity contribution in [2.24, 2.45) is 11.0 Å². The van der Waals surface area contributed by atoms with Crippen LogP contribution < -0.4 is 10.7 Å². The molecule has 0 radical (unpaired) electrons. The van der Waals surface area contributed by atoms with Crippen molar-refractivity contribution in [2.45, 2.75) is 31.9 Å². The maximum atomic E-state index is 11.6. The molecule has 0 saturated carbocycles. The first-order valence-corrected chi connectivity index (χ1v) is 7.48. The first-order chi connectivity index (χ1) is 10.0. The Balaban J connectivity index is 2.15. The van der Waals surface area contributed by atoms with Crippen LogP contribution in [0.2, 0.25) is 0 Å². The van der Waals surface area contributed by atoms with Crippen LogP contribution in [-0.4, -0.2) is 22.8 Å². The lowest BCUT2D eigenvalue weighted by Gasteiger charge is -2.21. The second-order valence-corrected chi connectivity index (χ2v) is 5.86. The largest absolute Gasteiger partial charge is 0.325 e. The van der Waals surface area contributed by atoms with Gasteiger partial charge >= 0.3 is 0 Å². The van der Waals surface area contributed by atoms with Crippen molar-refractivity contribution in [3.05, 3.63) is 29.8 Å². The van der Waals surface area contributed by atoms with Crippen molar-refractivity contribution in [2.75, 3.05) is 5.32 Å². The molecular weight excluding hydrogens is 286 g/mol. The van der Waals surface area contributed by atoms with Gasteiger partial charge in [-0.05, 0) is 31.0 Å². The summed E-state index contributed by atoms with van der Waals surface area (Å²) in [4.78, 5) is 23.0. The number of anilines is 1. The highest BCUT2D eigenvalue weighted by atomic mass is 32.1. The summed E-state index contributed by atoms with van der Waals surface area (Å²) in [6.07, 6.45) is 1.33. The number of amides is 2. The third kappa shape index (κ3) is 3.85. The summed E-state index contributed by atoms with van der Waals surface area (Å²) in [6.45, 7) is 3.76. The van der Waals surface area contributed by atoms with Gasteiger partial charge in [0.15, 0.2) is 0 Å². The van der Waals surface area contributed by atoms with Crippen LogP contribution in [0.1, 0.15) is 32.3 Å². The molecule has 1 aliphatic rings. The smallest absolute Gasteiger partial charge is 0.240 e. The van der Waals surface area contributed by atoms with Crippen LogP contribution in [0.4, 0.5) is 5.69 Å². The summed E-state index contributed by atoms with van der Waals surface area (Å²) >= 11 is 4.09. The Morgan fingerprint density at radius 3 is 2.71 bits per heavy atom. The Hall–Kier alpha value is -1.82. The fourth-order valence-electron chi connectivity index (χ4n) is 2.19. The second kappa shape index (κ2) is 6.76. The lowest BCUT2D eigenvalue weighted by molar-refractivity contribution is -0.122. The molecule has 0 aliphatic carbocycles. The number of carbonyl (C=O) groups is 2. The molecule has 1 aromatic rings. The van der Waals surface area contributed by atoms with Gasteiger partial charge in [0.1, 0.15) is 0 Å². The molecule has 0 saturated heterocycles. The van der Waals surface area contributed by atoms with E-state index in [4.69, 9.17) is 0 Å². The third-order valence-corrected chi connectivity index (χ3v) is 3.67.